The second-order valence-electron chi connectivity index (χ2n) is 6.19. The van der Waals surface area contributed by atoms with E-state index in [0.717, 1.165) is 12.1 Å². The van der Waals surface area contributed by atoms with Crippen molar-refractivity contribution in [2.24, 2.45) is 0 Å². The molecule has 0 saturated carbocycles. The monoisotopic (exact) mass is 390 g/mol. The number of aromatic nitrogens is 2. The smallest absolute Gasteiger partial charge is 0.370 e. The first-order valence-corrected chi connectivity index (χ1v) is 8.58. The minimum absolute atomic E-state index is 0.257. The number of alkyl halides is 3. The van der Waals surface area contributed by atoms with Gasteiger partial charge in [0.1, 0.15) is 11.6 Å². The summed E-state index contributed by atoms with van der Waals surface area (Å²) in [5, 5.41) is 6.00. The maximum absolute atomic E-state index is 13.7. The van der Waals surface area contributed by atoms with Gasteiger partial charge in [0.2, 0.25) is 5.95 Å². The van der Waals surface area contributed by atoms with Crippen molar-refractivity contribution < 1.29 is 17.6 Å². The average molecular weight is 390 g/mol. The van der Waals surface area contributed by atoms with Gasteiger partial charge in [0, 0.05) is 24.0 Å². The zero-order valence-corrected chi connectivity index (χ0v) is 15.0. The van der Waals surface area contributed by atoms with Gasteiger partial charge in [-0.2, -0.15) is 18.2 Å². The van der Waals surface area contributed by atoms with E-state index in [2.05, 4.69) is 20.6 Å². The van der Waals surface area contributed by atoms with Gasteiger partial charge in [0.25, 0.3) is 0 Å². The predicted molar refractivity (Wildman–Crippen MR) is 100 cm³/mol. The van der Waals surface area contributed by atoms with Gasteiger partial charge < -0.3 is 10.6 Å². The van der Waals surface area contributed by atoms with E-state index in [-0.39, 0.29) is 11.8 Å². The molecule has 4 nitrogen and oxygen atoms in total. The number of hydrogen-bond donors (Lipinski definition) is 2. The van der Waals surface area contributed by atoms with Crippen LogP contribution in [0.15, 0.2) is 54.6 Å². The van der Waals surface area contributed by atoms with Crippen LogP contribution < -0.4 is 10.6 Å². The Bertz CT molecular complexity index is 940. The Kier molecular flexibility index (Phi) is 5.77. The molecule has 146 valence electrons. The fourth-order valence-corrected chi connectivity index (χ4v) is 2.61. The molecule has 0 bridgehead atoms. The molecule has 0 spiro atoms. The predicted octanol–water partition coefficient (Wildman–Crippen LogP) is 5.34. The third-order valence-corrected chi connectivity index (χ3v) is 3.98. The molecule has 0 saturated heterocycles. The topological polar surface area (TPSA) is 49.8 Å². The van der Waals surface area contributed by atoms with Crippen LogP contribution in [0.3, 0.4) is 0 Å². The van der Waals surface area contributed by atoms with Crippen molar-refractivity contribution in [3.05, 3.63) is 77.2 Å². The van der Waals surface area contributed by atoms with Gasteiger partial charge in [0.05, 0.1) is 5.56 Å². The highest BCUT2D eigenvalue weighted by atomic mass is 19.4. The molecule has 0 aliphatic heterocycles. The first kappa shape index (κ1) is 19.6. The number of nitrogens with zero attached hydrogens (tertiary/aromatic N) is 2. The molecule has 2 N–H and O–H groups in total. The van der Waals surface area contributed by atoms with Crippen molar-refractivity contribution in [1.29, 1.82) is 0 Å². The molecule has 0 amide bonds. The highest BCUT2D eigenvalue weighted by Gasteiger charge is 2.29. The van der Waals surface area contributed by atoms with Crippen molar-refractivity contribution in [3.8, 4) is 0 Å². The molecule has 0 atom stereocenters. The number of anilines is 3. The fourth-order valence-electron chi connectivity index (χ4n) is 2.61. The van der Waals surface area contributed by atoms with Crippen LogP contribution in [0.1, 0.15) is 16.8 Å². The minimum atomic E-state index is -4.38. The normalized spacial score (nSPS) is 11.3. The average Bonchev–Trinajstić information content (AvgIpc) is 2.63. The zero-order chi connectivity index (χ0) is 20.1. The lowest BCUT2D eigenvalue weighted by Gasteiger charge is -2.11. The molecule has 0 fully saturated rings. The van der Waals surface area contributed by atoms with Crippen LogP contribution in [0.2, 0.25) is 0 Å². The van der Waals surface area contributed by atoms with E-state index >= 15 is 0 Å². The molecule has 8 heteroatoms. The SMILES string of the molecule is Cc1cc(NCCc2ccccc2F)nc(Nc2ccc(C(F)(F)F)cc2)n1. The van der Waals surface area contributed by atoms with E-state index in [1.807, 2.05) is 0 Å². The Hall–Kier alpha value is -3.16. The van der Waals surface area contributed by atoms with Gasteiger partial charge in [-0.05, 0) is 49.2 Å². The molecule has 0 aliphatic rings. The van der Waals surface area contributed by atoms with Crippen LogP contribution in [0, 0.1) is 12.7 Å². The molecule has 3 rings (SSSR count). The first-order chi connectivity index (χ1) is 13.3. The highest BCUT2D eigenvalue weighted by molar-refractivity contribution is 5.56. The van der Waals surface area contributed by atoms with Crippen molar-refractivity contribution in [1.82, 2.24) is 9.97 Å². The van der Waals surface area contributed by atoms with E-state index in [0.29, 0.717) is 35.7 Å². The number of rotatable bonds is 6. The van der Waals surface area contributed by atoms with Crippen LogP contribution in [0.5, 0.6) is 0 Å². The molecule has 28 heavy (non-hydrogen) atoms. The van der Waals surface area contributed by atoms with Gasteiger partial charge in [-0.1, -0.05) is 18.2 Å². The maximum Gasteiger partial charge on any atom is 0.416 e. The number of aryl methyl sites for hydroxylation is 1. The summed E-state index contributed by atoms with van der Waals surface area (Å²) in [5.74, 6) is 0.541. The van der Waals surface area contributed by atoms with Crippen LogP contribution in [-0.4, -0.2) is 16.5 Å². The van der Waals surface area contributed by atoms with E-state index in [1.54, 1.807) is 31.2 Å². The number of nitrogens with one attached hydrogen (secondary N) is 2. The van der Waals surface area contributed by atoms with E-state index in [4.69, 9.17) is 0 Å². The number of benzene rings is 2. The third-order valence-electron chi connectivity index (χ3n) is 3.98. The van der Waals surface area contributed by atoms with Crippen molar-refractivity contribution in [2.75, 3.05) is 17.2 Å². The second kappa shape index (κ2) is 8.24. The molecule has 0 aliphatic carbocycles. The van der Waals surface area contributed by atoms with E-state index < -0.39 is 11.7 Å². The second-order valence-corrected chi connectivity index (χ2v) is 6.19. The lowest BCUT2D eigenvalue weighted by Crippen LogP contribution is -2.09. The van der Waals surface area contributed by atoms with Gasteiger partial charge >= 0.3 is 6.18 Å². The molecule has 1 heterocycles. The third kappa shape index (κ3) is 5.18. The van der Waals surface area contributed by atoms with Crippen molar-refractivity contribution in [3.63, 3.8) is 0 Å². The Morgan fingerprint density at radius 1 is 0.964 bits per heavy atom. The Morgan fingerprint density at radius 2 is 1.68 bits per heavy atom. The Balaban J connectivity index is 1.65. The van der Waals surface area contributed by atoms with Crippen LogP contribution in [0.25, 0.3) is 0 Å². The summed E-state index contributed by atoms with van der Waals surface area (Å²) < 4.78 is 51.6. The zero-order valence-electron chi connectivity index (χ0n) is 15.0. The molecule has 0 radical (unpaired) electrons. The van der Waals surface area contributed by atoms with E-state index in [9.17, 15) is 17.6 Å². The van der Waals surface area contributed by atoms with Crippen molar-refractivity contribution in [2.45, 2.75) is 19.5 Å². The molecule has 3 aromatic rings. The molecular weight excluding hydrogens is 372 g/mol. The highest BCUT2D eigenvalue weighted by Crippen LogP contribution is 2.30. The Labute approximate surface area is 159 Å². The summed E-state index contributed by atoms with van der Waals surface area (Å²) in [5.41, 5.74) is 0.997. The summed E-state index contributed by atoms with van der Waals surface area (Å²) in [6, 6.07) is 12.9. The standard InChI is InChI=1S/C20H18F4N4/c1-13-12-18(25-11-10-14-4-2-3-5-17(14)21)28-19(26-13)27-16-8-6-15(7-9-16)20(22,23)24/h2-9,12H,10-11H2,1H3,(H2,25,26,27,28). The lowest BCUT2D eigenvalue weighted by atomic mass is 10.1. The minimum Gasteiger partial charge on any atom is -0.370 e. The van der Waals surface area contributed by atoms with Crippen LogP contribution in [0.4, 0.5) is 35.0 Å². The van der Waals surface area contributed by atoms with Gasteiger partial charge in [-0.15, -0.1) is 0 Å². The van der Waals surface area contributed by atoms with E-state index in [1.165, 1.54) is 18.2 Å². The summed E-state index contributed by atoms with van der Waals surface area (Å²) in [6.07, 6.45) is -3.90. The summed E-state index contributed by atoms with van der Waals surface area (Å²) in [4.78, 5) is 8.54. The summed E-state index contributed by atoms with van der Waals surface area (Å²) in [7, 11) is 0. The first-order valence-electron chi connectivity index (χ1n) is 8.58. The van der Waals surface area contributed by atoms with Gasteiger partial charge in [0.15, 0.2) is 0 Å². The van der Waals surface area contributed by atoms with Crippen molar-refractivity contribution >= 4 is 17.5 Å². The molecule has 2 aromatic carbocycles. The fraction of sp³-hybridized carbons (Fsp3) is 0.200. The number of hydrogen-bond acceptors (Lipinski definition) is 4. The largest absolute Gasteiger partial charge is 0.416 e. The molecule has 0 unspecified atom stereocenters. The summed E-state index contributed by atoms with van der Waals surface area (Å²) >= 11 is 0. The molecule has 1 aromatic heterocycles. The van der Waals surface area contributed by atoms with Gasteiger partial charge in [-0.3, -0.25) is 0 Å². The molecular formula is C20H18F4N4. The lowest BCUT2D eigenvalue weighted by molar-refractivity contribution is -0.137. The van der Waals surface area contributed by atoms with Crippen LogP contribution in [-0.2, 0) is 12.6 Å². The number of halogens is 4. The maximum atomic E-state index is 13.7. The summed E-state index contributed by atoms with van der Waals surface area (Å²) in [6.45, 7) is 2.25. The quantitative estimate of drug-likeness (QED) is 0.558. The van der Waals surface area contributed by atoms with Gasteiger partial charge in [-0.25, -0.2) is 9.37 Å². The van der Waals surface area contributed by atoms with Crippen LogP contribution >= 0.6 is 0 Å². The Morgan fingerprint density at radius 3 is 2.36 bits per heavy atom.